The fourth-order valence-corrected chi connectivity index (χ4v) is 4.07. The lowest BCUT2D eigenvalue weighted by molar-refractivity contribution is -0.184. The lowest BCUT2D eigenvalue weighted by Crippen LogP contribution is -2.51. The zero-order valence-corrected chi connectivity index (χ0v) is 21.2. The normalized spacial score (nSPS) is 13.7. The van der Waals surface area contributed by atoms with Gasteiger partial charge >= 0.3 is 23.9 Å². The zero-order valence-electron chi connectivity index (χ0n) is 21.2. The highest BCUT2D eigenvalue weighted by atomic mass is 16.6. The average molecular weight is 487 g/mol. The van der Waals surface area contributed by atoms with Crippen LogP contribution >= 0.6 is 0 Å². The minimum absolute atomic E-state index is 0.0187. The Morgan fingerprint density at radius 3 is 1.59 bits per heavy atom. The van der Waals surface area contributed by atoms with Gasteiger partial charge in [0.25, 0.3) is 0 Å². The maximum atomic E-state index is 12.7. The summed E-state index contributed by atoms with van der Waals surface area (Å²) < 4.78 is 4.85. The number of rotatable bonds is 22. The van der Waals surface area contributed by atoms with Crippen LogP contribution in [0, 0.1) is 5.92 Å². The van der Waals surface area contributed by atoms with E-state index in [0.29, 0.717) is 19.3 Å². The summed E-state index contributed by atoms with van der Waals surface area (Å²) in [6, 6.07) is 0. The summed E-state index contributed by atoms with van der Waals surface area (Å²) >= 11 is 0. The van der Waals surface area contributed by atoms with Crippen LogP contribution in [0.2, 0.25) is 0 Å². The molecule has 0 aliphatic heterocycles. The number of hydrogen-bond acceptors (Lipinski definition) is 6. The summed E-state index contributed by atoms with van der Waals surface area (Å²) in [4.78, 5) is 47.7. The van der Waals surface area contributed by atoms with Gasteiger partial charge < -0.3 is 20.1 Å². The molecular weight excluding hydrogens is 440 g/mol. The van der Waals surface area contributed by atoms with E-state index in [4.69, 9.17) is 9.84 Å². The molecule has 0 aliphatic rings. The second kappa shape index (κ2) is 19.4. The summed E-state index contributed by atoms with van der Waals surface area (Å²) in [5, 5.41) is 29.2. The SMILES string of the molecule is CCCCCCCCCCCCC(C(=O)OC(=O)CCCCCCC)C(O)(CC(=O)O)C(=O)O. The molecule has 0 saturated heterocycles. The number of ether oxygens (including phenoxy) is 1. The van der Waals surface area contributed by atoms with E-state index >= 15 is 0 Å². The number of carboxylic acid groups (broad SMARTS) is 2. The van der Waals surface area contributed by atoms with E-state index in [0.717, 1.165) is 44.9 Å². The number of unbranched alkanes of at least 4 members (excludes halogenated alkanes) is 13. The molecule has 0 rings (SSSR count). The van der Waals surface area contributed by atoms with E-state index in [1.165, 1.54) is 32.1 Å². The molecule has 0 amide bonds. The largest absolute Gasteiger partial charge is 0.481 e. The number of carboxylic acids is 2. The molecule has 0 aromatic carbocycles. The van der Waals surface area contributed by atoms with Crippen molar-refractivity contribution in [3.05, 3.63) is 0 Å². The van der Waals surface area contributed by atoms with Gasteiger partial charge in [0.15, 0.2) is 5.60 Å². The van der Waals surface area contributed by atoms with E-state index in [2.05, 4.69) is 13.8 Å². The van der Waals surface area contributed by atoms with Gasteiger partial charge in [0.1, 0.15) is 0 Å². The summed E-state index contributed by atoms with van der Waals surface area (Å²) in [6.07, 6.45) is 13.5. The van der Waals surface area contributed by atoms with Crippen molar-refractivity contribution in [3.8, 4) is 0 Å². The first-order valence-electron chi connectivity index (χ1n) is 13.1. The van der Waals surface area contributed by atoms with E-state index in [1.807, 2.05) is 0 Å². The van der Waals surface area contributed by atoms with E-state index in [1.54, 1.807) is 0 Å². The molecule has 0 heterocycles. The molecule has 0 saturated carbocycles. The lowest BCUT2D eigenvalue weighted by Gasteiger charge is -2.29. The molecule has 0 aromatic rings. The van der Waals surface area contributed by atoms with E-state index in [9.17, 15) is 29.4 Å². The quantitative estimate of drug-likeness (QED) is 0.102. The standard InChI is InChI=1S/C26H46O8/c1-3-5-7-9-10-11-12-13-15-16-18-21(26(33,25(31)32)20-22(27)28)24(30)34-23(29)19-17-14-8-6-4-2/h21,33H,3-20H2,1-2H3,(H,27,28)(H,31,32). The molecule has 34 heavy (non-hydrogen) atoms. The van der Waals surface area contributed by atoms with Crippen molar-refractivity contribution < 1.29 is 39.2 Å². The fraction of sp³-hybridized carbons (Fsp3) is 0.846. The third kappa shape index (κ3) is 14.3. The van der Waals surface area contributed by atoms with E-state index in [-0.39, 0.29) is 12.8 Å². The Morgan fingerprint density at radius 1 is 0.706 bits per heavy atom. The predicted molar refractivity (Wildman–Crippen MR) is 129 cm³/mol. The molecule has 0 bridgehead atoms. The van der Waals surface area contributed by atoms with Gasteiger partial charge in [0, 0.05) is 6.42 Å². The van der Waals surface area contributed by atoms with Crippen LogP contribution in [0.4, 0.5) is 0 Å². The van der Waals surface area contributed by atoms with Gasteiger partial charge in [-0.25, -0.2) is 4.79 Å². The second-order valence-electron chi connectivity index (χ2n) is 9.28. The third-order valence-electron chi connectivity index (χ3n) is 6.20. The average Bonchev–Trinajstić information content (AvgIpc) is 2.76. The molecule has 0 aromatic heterocycles. The number of aliphatic hydroxyl groups is 1. The maximum absolute atomic E-state index is 12.7. The molecular formula is C26H46O8. The van der Waals surface area contributed by atoms with Crippen LogP contribution < -0.4 is 0 Å². The molecule has 0 spiro atoms. The molecule has 2 unspecified atom stereocenters. The van der Waals surface area contributed by atoms with Gasteiger partial charge in [-0.1, -0.05) is 104 Å². The molecule has 8 heteroatoms. The minimum atomic E-state index is -2.83. The van der Waals surface area contributed by atoms with Gasteiger partial charge in [-0.05, 0) is 12.8 Å². The Bertz CT molecular complexity index is 604. The molecule has 2 atom stereocenters. The summed E-state index contributed by atoms with van der Waals surface area (Å²) in [6.45, 7) is 4.25. The van der Waals surface area contributed by atoms with Crippen LogP contribution in [0.3, 0.4) is 0 Å². The van der Waals surface area contributed by atoms with Gasteiger partial charge in [0.2, 0.25) is 0 Å². The van der Waals surface area contributed by atoms with Crippen LogP contribution in [-0.4, -0.2) is 44.8 Å². The van der Waals surface area contributed by atoms with Gasteiger partial charge in [-0.2, -0.15) is 0 Å². The monoisotopic (exact) mass is 486 g/mol. The third-order valence-corrected chi connectivity index (χ3v) is 6.20. The Kier molecular flexibility index (Phi) is 18.2. The van der Waals surface area contributed by atoms with Crippen LogP contribution in [0.25, 0.3) is 0 Å². The highest BCUT2D eigenvalue weighted by molar-refractivity contribution is 5.93. The summed E-state index contributed by atoms with van der Waals surface area (Å²) in [7, 11) is 0. The lowest BCUT2D eigenvalue weighted by atomic mass is 9.81. The second-order valence-corrected chi connectivity index (χ2v) is 9.28. The first-order chi connectivity index (χ1) is 16.2. The van der Waals surface area contributed by atoms with Crippen LogP contribution in [-0.2, 0) is 23.9 Å². The topological polar surface area (TPSA) is 138 Å². The van der Waals surface area contributed by atoms with Crippen molar-refractivity contribution in [1.29, 1.82) is 0 Å². The Morgan fingerprint density at radius 2 is 1.15 bits per heavy atom. The first-order valence-corrected chi connectivity index (χ1v) is 13.1. The summed E-state index contributed by atoms with van der Waals surface area (Å²) in [5.41, 5.74) is -2.83. The predicted octanol–water partition coefficient (Wildman–Crippen LogP) is 5.63. The number of esters is 2. The van der Waals surface area contributed by atoms with Crippen molar-refractivity contribution >= 4 is 23.9 Å². The van der Waals surface area contributed by atoms with E-state index < -0.39 is 41.8 Å². The molecule has 0 radical (unpaired) electrons. The van der Waals surface area contributed by atoms with Gasteiger partial charge in [-0.15, -0.1) is 0 Å². The number of carbonyl (C=O) groups excluding carboxylic acids is 2. The number of hydrogen-bond donors (Lipinski definition) is 3. The molecule has 198 valence electrons. The van der Waals surface area contributed by atoms with Gasteiger partial charge in [-0.3, -0.25) is 14.4 Å². The number of carbonyl (C=O) groups is 4. The molecule has 0 aliphatic carbocycles. The van der Waals surface area contributed by atoms with Crippen molar-refractivity contribution in [2.75, 3.05) is 0 Å². The van der Waals surface area contributed by atoms with Crippen LogP contribution in [0.1, 0.15) is 129 Å². The highest BCUT2D eigenvalue weighted by Crippen LogP contribution is 2.29. The Hall–Kier alpha value is -1.96. The smallest absolute Gasteiger partial charge is 0.337 e. The first kappa shape index (κ1) is 32.0. The molecule has 3 N–H and O–H groups in total. The molecule has 8 nitrogen and oxygen atoms in total. The van der Waals surface area contributed by atoms with Crippen molar-refractivity contribution in [2.45, 2.75) is 135 Å². The van der Waals surface area contributed by atoms with Gasteiger partial charge in [0.05, 0.1) is 12.3 Å². The fourth-order valence-electron chi connectivity index (χ4n) is 4.07. The van der Waals surface area contributed by atoms with Crippen molar-refractivity contribution in [1.82, 2.24) is 0 Å². The van der Waals surface area contributed by atoms with Crippen LogP contribution in [0.15, 0.2) is 0 Å². The maximum Gasteiger partial charge on any atom is 0.337 e. The Balaban J connectivity index is 4.81. The van der Waals surface area contributed by atoms with Crippen molar-refractivity contribution in [3.63, 3.8) is 0 Å². The Labute approximate surface area is 204 Å². The zero-order chi connectivity index (χ0) is 25.8. The highest BCUT2D eigenvalue weighted by Gasteiger charge is 2.50. The summed E-state index contributed by atoms with van der Waals surface area (Å²) in [5.74, 6) is -6.93. The van der Waals surface area contributed by atoms with Crippen molar-refractivity contribution in [2.24, 2.45) is 5.92 Å². The minimum Gasteiger partial charge on any atom is -0.481 e. The van der Waals surface area contributed by atoms with Crippen LogP contribution in [0.5, 0.6) is 0 Å². The molecule has 0 fully saturated rings. The number of aliphatic carboxylic acids is 2.